The van der Waals surface area contributed by atoms with Crippen LogP contribution in [0.4, 0.5) is 18.9 Å². The van der Waals surface area contributed by atoms with Crippen molar-refractivity contribution in [1.82, 2.24) is 44.4 Å². The number of nitrogens with one attached hydrogen (secondary N) is 3. The molecule has 1 aromatic carbocycles. The molecule has 21 heteroatoms. The van der Waals surface area contributed by atoms with Crippen molar-refractivity contribution in [2.24, 2.45) is 24.6 Å². The zero-order chi connectivity index (χ0) is 43.2. The molecule has 61 heavy (non-hydrogen) atoms. The predicted octanol–water partition coefficient (Wildman–Crippen LogP) is 3.35. The molecule has 3 aliphatic rings. The Morgan fingerprint density at radius 2 is 1.74 bits per heavy atom. The van der Waals surface area contributed by atoms with Crippen LogP contribution in [0.1, 0.15) is 45.2 Å². The second-order valence-electron chi connectivity index (χ2n) is 16.1. The molecule has 7 heterocycles. The summed E-state index contributed by atoms with van der Waals surface area (Å²) >= 11 is 6.57. The first-order valence-electron chi connectivity index (χ1n) is 19.9. The number of carboxylic acid groups (broad SMARTS) is 1. The van der Waals surface area contributed by atoms with Crippen molar-refractivity contribution < 1.29 is 41.9 Å². The molecule has 0 radical (unpaired) electrons. The lowest BCUT2D eigenvalue weighted by molar-refractivity contribution is -0.929. The predicted molar refractivity (Wildman–Crippen MR) is 217 cm³/mol. The minimum Gasteiger partial charge on any atom is -0.477 e. The number of quaternary nitrogens is 1. The van der Waals surface area contributed by atoms with E-state index in [0.29, 0.717) is 68.0 Å². The summed E-state index contributed by atoms with van der Waals surface area (Å²) in [5, 5.41) is 20.1. The molecule has 0 aliphatic carbocycles. The van der Waals surface area contributed by atoms with E-state index in [2.05, 4.69) is 30.7 Å². The topological polar surface area (TPSA) is 209 Å². The van der Waals surface area contributed by atoms with E-state index in [9.17, 15) is 37.5 Å². The molecule has 0 saturated carbocycles. The Labute approximate surface area is 352 Å². The minimum atomic E-state index is -4.85. The SMILES string of the molecule is Cn1c(-c2cn(-c3cc4[nH]c(CN)cc4cn3)nc2C(F)(F)F)cnc1C(=O)Nc1ccc(C(=O)N2CCN(C(=O)C3CC[N+](CC(=O)O)(CC4CNC4)CC3)CC2)c(Cl)c1. The molecule has 6 N–H and O–H groups in total. The second-order valence-corrected chi connectivity index (χ2v) is 16.5. The molecular weight excluding hydrogens is 821 g/mol. The molecule has 3 amide bonds. The smallest absolute Gasteiger partial charge is 0.435 e. The lowest BCUT2D eigenvalue weighted by Crippen LogP contribution is -2.62. The van der Waals surface area contributed by atoms with E-state index in [1.54, 1.807) is 21.9 Å². The first kappa shape index (κ1) is 41.9. The van der Waals surface area contributed by atoms with Gasteiger partial charge in [-0.25, -0.2) is 19.4 Å². The van der Waals surface area contributed by atoms with Crippen molar-refractivity contribution in [1.29, 1.82) is 0 Å². The van der Waals surface area contributed by atoms with Crippen LogP contribution in [0.2, 0.25) is 5.02 Å². The third-order valence-electron chi connectivity index (χ3n) is 12.0. The summed E-state index contributed by atoms with van der Waals surface area (Å²) in [5.41, 5.74) is 5.94. The molecule has 3 aliphatic heterocycles. The highest BCUT2D eigenvalue weighted by Crippen LogP contribution is 2.37. The number of carbonyl (C=O) groups is 4. The van der Waals surface area contributed by atoms with Gasteiger partial charge < -0.3 is 45.3 Å². The number of carbonyl (C=O) groups excluding carboxylic acids is 3. The number of aliphatic carboxylic acids is 1. The van der Waals surface area contributed by atoms with E-state index in [0.717, 1.165) is 41.6 Å². The number of aromatic amines is 1. The lowest BCUT2D eigenvalue weighted by atomic mass is 9.90. The van der Waals surface area contributed by atoms with Crippen LogP contribution in [0.3, 0.4) is 0 Å². The number of benzene rings is 1. The summed E-state index contributed by atoms with van der Waals surface area (Å²) in [7, 11) is 1.41. The fourth-order valence-corrected chi connectivity index (χ4v) is 8.92. The Bertz CT molecular complexity index is 2500. The highest BCUT2D eigenvalue weighted by Gasteiger charge is 2.43. The van der Waals surface area contributed by atoms with Gasteiger partial charge in [0.2, 0.25) is 5.91 Å². The van der Waals surface area contributed by atoms with Gasteiger partial charge in [0.05, 0.1) is 53.2 Å². The van der Waals surface area contributed by atoms with Gasteiger partial charge in [0.25, 0.3) is 11.8 Å². The van der Waals surface area contributed by atoms with Crippen LogP contribution in [-0.4, -0.2) is 138 Å². The van der Waals surface area contributed by atoms with Gasteiger partial charge >= 0.3 is 12.1 Å². The number of fused-ring (bicyclic) bond motifs is 1. The standard InChI is InChI=1S/C40H44ClF3N12O5/c1-52-32(29-20-55(51-35(29)40(42,43)44)33-14-31-25(18-47-33)12-27(15-45)49-31)19-48-36(52)37(59)50-26-2-3-28(30(41)13-26)39(61)54-8-6-53(7-9-54)38(60)24-4-10-56(11-5-24,22-34(57)58)21-23-16-46-17-23/h2-3,12-14,18-20,23-24,46H,4-11,15-17,21-22,45H2,1H3,(H2-,47,49,50,57,58,59,61)/p+1. The number of imidazole rings is 1. The number of amides is 3. The van der Waals surface area contributed by atoms with E-state index < -0.39 is 23.7 Å². The number of hydrogen-bond acceptors (Lipinski definition) is 9. The van der Waals surface area contributed by atoms with Crippen molar-refractivity contribution in [3.63, 3.8) is 0 Å². The fourth-order valence-electron chi connectivity index (χ4n) is 8.66. The number of H-pyrrole nitrogens is 1. The van der Waals surface area contributed by atoms with Crippen LogP contribution >= 0.6 is 11.6 Å². The monoisotopic (exact) mass is 865 g/mol. The van der Waals surface area contributed by atoms with Crippen LogP contribution < -0.4 is 16.4 Å². The Morgan fingerprint density at radius 3 is 2.38 bits per heavy atom. The van der Waals surface area contributed by atoms with Gasteiger partial charge in [-0.15, -0.1) is 0 Å². The Balaban J connectivity index is 0.888. The zero-order valence-corrected chi connectivity index (χ0v) is 34.0. The fraction of sp³-hybridized carbons (Fsp3) is 0.425. The van der Waals surface area contributed by atoms with Crippen LogP contribution in [-0.2, 0) is 29.4 Å². The number of pyridine rings is 1. The van der Waals surface area contributed by atoms with Gasteiger partial charge in [-0.1, -0.05) is 11.6 Å². The number of aromatic nitrogens is 6. The van der Waals surface area contributed by atoms with Crippen LogP contribution in [0.15, 0.2) is 48.9 Å². The maximum absolute atomic E-state index is 14.3. The molecule has 3 fully saturated rings. The van der Waals surface area contributed by atoms with Crippen LogP contribution in [0, 0.1) is 11.8 Å². The average molecular weight is 866 g/mol. The van der Waals surface area contributed by atoms with Crippen molar-refractivity contribution in [2.45, 2.75) is 25.6 Å². The molecule has 0 bridgehead atoms. The summed E-state index contributed by atoms with van der Waals surface area (Å²) in [6, 6.07) is 7.73. The number of rotatable bonds is 11. The molecule has 4 aromatic heterocycles. The lowest BCUT2D eigenvalue weighted by Gasteiger charge is -2.46. The number of alkyl halides is 3. The Hall–Kier alpha value is -5.83. The highest BCUT2D eigenvalue weighted by atomic mass is 35.5. The second kappa shape index (κ2) is 16.6. The number of carboxylic acids is 1. The van der Waals surface area contributed by atoms with Gasteiger partial charge in [-0.05, 0) is 24.3 Å². The number of piperidine rings is 1. The molecule has 0 unspecified atom stereocenters. The number of anilines is 1. The van der Waals surface area contributed by atoms with E-state index in [1.165, 1.54) is 42.2 Å². The summed E-state index contributed by atoms with van der Waals surface area (Å²) in [4.78, 5) is 67.1. The van der Waals surface area contributed by atoms with Gasteiger partial charge in [0, 0.05) is 113 Å². The molecule has 8 rings (SSSR count). The number of likely N-dealkylation sites (tertiary alicyclic amines) is 1. The average Bonchev–Trinajstić information content (AvgIpc) is 3.95. The molecule has 322 valence electrons. The summed E-state index contributed by atoms with van der Waals surface area (Å²) in [6.07, 6.45) is 0.230. The first-order valence-corrected chi connectivity index (χ1v) is 20.3. The third kappa shape index (κ3) is 8.57. The maximum atomic E-state index is 14.3. The number of halogens is 4. The molecule has 17 nitrogen and oxygen atoms in total. The molecule has 5 aromatic rings. The van der Waals surface area contributed by atoms with Gasteiger partial charge in [0.1, 0.15) is 0 Å². The van der Waals surface area contributed by atoms with E-state index in [4.69, 9.17) is 17.3 Å². The highest BCUT2D eigenvalue weighted by molar-refractivity contribution is 6.34. The minimum absolute atomic E-state index is 0.0243. The van der Waals surface area contributed by atoms with Crippen molar-refractivity contribution in [3.05, 3.63) is 76.7 Å². The Morgan fingerprint density at radius 1 is 1.02 bits per heavy atom. The van der Waals surface area contributed by atoms with Crippen LogP contribution in [0.5, 0.6) is 0 Å². The van der Waals surface area contributed by atoms with Crippen LogP contribution in [0.25, 0.3) is 28.0 Å². The quantitative estimate of drug-likeness (QED) is 0.122. The summed E-state index contributed by atoms with van der Waals surface area (Å²) in [5.74, 6) is -1.67. The van der Waals surface area contributed by atoms with Gasteiger partial charge in [-0.3, -0.25) is 14.4 Å². The number of nitrogens with two attached hydrogens (primary N) is 1. The Kier molecular flexibility index (Phi) is 11.4. The van der Waals surface area contributed by atoms with Gasteiger partial charge in [-0.2, -0.15) is 18.3 Å². The van der Waals surface area contributed by atoms with Crippen molar-refractivity contribution >= 4 is 51.9 Å². The van der Waals surface area contributed by atoms with Crippen molar-refractivity contribution in [2.75, 3.05) is 70.8 Å². The summed E-state index contributed by atoms with van der Waals surface area (Å²) in [6.45, 7) is 5.47. The first-order chi connectivity index (χ1) is 29.1. The van der Waals surface area contributed by atoms with Gasteiger partial charge in [0.15, 0.2) is 23.9 Å². The third-order valence-corrected chi connectivity index (χ3v) is 12.3. The van der Waals surface area contributed by atoms with E-state index in [-0.39, 0.29) is 70.0 Å². The number of nitrogens with zero attached hydrogens (tertiary/aromatic N) is 8. The largest absolute Gasteiger partial charge is 0.477 e. The van der Waals surface area contributed by atoms with E-state index in [1.807, 2.05) is 0 Å². The normalized spacial score (nSPS) is 19.9. The summed E-state index contributed by atoms with van der Waals surface area (Å²) < 4.78 is 45.7. The molecule has 0 spiro atoms. The molecule has 0 atom stereocenters. The number of hydrogen-bond donors (Lipinski definition) is 5. The van der Waals surface area contributed by atoms with E-state index >= 15 is 0 Å². The number of piperazine rings is 1. The maximum Gasteiger partial charge on any atom is 0.435 e. The molecule has 3 saturated heterocycles. The van der Waals surface area contributed by atoms with Crippen molar-refractivity contribution in [3.8, 4) is 17.1 Å². The molecular formula is C40H45ClF3N12O5+. The zero-order valence-electron chi connectivity index (χ0n) is 33.2.